The Morgan fingerprint density at radius 3 is 2.94 bits per heavy atom. The van der Waals surface area contributed by atoms with E-state index in [1.165, 1.54) is 12.1 Å². The number of carboxylic acid groups (broad SMARTS) is 1. The first kappa shape index (κ1) is 12.2. The normalized spacial score (nSPS) is 11.8. The van der Waals surface area contributed by atoms with Gasteiger partial charge in [-0.3, -0.25) is 0 Å². The van der Waals surface area contributed by atoms with E-state index >= 15 is 0 Å². The lowest BCUT2D eigenvalue weighted by Crippen LogP contribution is -2.09. The van der Waals surface area contributed by atoms with Crippen molar-refractivity contribution in [1.82, 2.24) is 0 Å². The van der Waals surface area contributed by atoms with Gasteiger partial charge in [-0.1, -0.05) is 12.0 Å². The summed E-state index contributed by atoms with van der Waals surface area (Å²) in [6.07, 6.45) is 4.70. The number of carboxylic acids is 1. The predicted octanol–water partition coefficient (Wildman–Crippen LogP) is 2.06. The van der Waals surface area contributed by atoms with E-state index in [-0.39, 0.29) is 12.2 Å². The number of hydrogen-bond donors (Lipinski definition) is 1. The second-order valence-electron chi connectivity index (χ2n) is 3.23. The molecule has 1 N–H and O–H groups in total. The molecule has 0 spiro atoms. The largest absolute Gasteiger partial charge is 0.478 e. The van der Waals surface area contributed by atoms with Crippen LogP contribution in [0.4, 0.5) is 4.39 Å². The zero-order valence-corrected chi connectivity index (χ0v) is 8.74. The minimum absolute atomic E-state index is 0.0489. The molecule has 0 aliphatic heterocycles. The number of carbonyl (C=O) groups is 1. The van der Waals surface area contributed by atoms with E-state index < -0.39 is 17.9 Å². The number of aromatic carboxylic acids is 1. The molecule has 84 valence electrons. The van der Waals surface area contributed by atoms with Gasteiger partial charge in [0, 0.05) is 0 Å². The highest BCUT2D eigenvalue weighted by Crippen LogP contribution is 2.13. The highest BCUT2D eigenvalue weighted by Gasteiger charge is 2.11. The van der Waals surface area contributed by atoms with E-state index in [1.807, 2.05) is 0 Å². The first-order chi connectivity index (χ1) is 7.54. The summed E-state index contributed by atoms with van der Waals surface area (Å²) < 4.78 is 18.0. The maximum absolute atomic E-state index is 12.8. The summed E-state index contributed by atoms with van der Waals surface area (Å²) >= 11 is 0. The van der Waals surface area contributed by atoms with Gasteiger partial charge in [0.2, 0.25) is 0 Å². The summed E-state index contributed by atoms with van der Waals surface area (Å²) in [6, 6.07) is 3.52. The molecule has 1 unspecified atom stereocenters. The van der Waals surface area contributed by atoms with Gasteiger partial charge < -0.3 is 9.84 Å². The van der Waals surface area contributed by atoms with Crippen molar-refractivity contribution in [3.63, 3.8) is 0 Å². The summed E-state index contributed by atoms with van der Waals surface area (Å²) in [5.74, 6) is 0.572. The molecule has 1 aromatic rings. The van der Waals surface area contributed by atoms with E-state index in [9.17, 15) is 9.18 Å². The molecule has 1 atom stereocenters. The maximum atomic E-state index is 12.8. The predicted molar refractivity (Wildman–Crippen MR) is 56.4 cm³/mol. The van der Waals surface area contributed by atoms with Gasteiger partial charge in [0.1, 0.15) is 11.9 Å². The third-order valence-corrected chi connectivity index (χ3v) is 2.03. The van der Waals surface area contributed by atoms with Crippen LogP contribution in [0.15, 0.2) is 18.2 Å². The molecule has 0 saturated heterocycles. The molecule has 0 radical (unpaired) electrons. The fourth-order valence-electron chi connectivity index (χ4n) is 1.14. The van der Waals surface area contributed by atoms with Gasteiger partial charge >= 0.3 is 5.97 Å². The summed E-state index contributed by atoms with van der Waals surface area (Å²) in [6.45, 7) is 1.72. The van der Waals surface area contributed by atoms with Crippen molar-refractivity contribution in [2.24, 2.45) is 0 Å². The minimum atomic E-state index is -1.19. The van der Waals surface area contributed by atoms with Crippen LogP contribution in [0.3, 0.4) is 0 Å². The summed E-state index contributed by atoms with van der Waals surface area (Å²) in [4.78, 5) is 10.8. The zero-order chi connectivity index (χ0) is 12.1. The van der Waals surface area contributed by atoms with Gasteiger partial charge in [0.25, 0.3) is 0 Å². The Morgan fingerprint density at radius 2 is 2.38 bits per heavy atom. The Labute approximate surface area is 92.9 Å². The van der Waals surface area contributed by atoms with Crippen LogP contribution in [0.5, 0.6) is 0 Å². The van der Waals surface area contributed by atoms with Crippen LogP contribution in [0.2, 0.25) is 0 Å². The van der Waals surface area contributed by atoms with Crippen molar-refractivity contribution in [2.75, 3.05) is 0 Å². The van der Waals surface area contributed by atoms with Crippen molar-refractivity contribution in [3.05, 3.63) is 35.1 Å². The van der Waals surface area contributed by atoms with Gasteiger partial charge in [-0.25, -0.2) is 9.18 Å². The second kappa shape index (κ2) is 5.29. The molecule has 3 nitrogen and oxygen atoms in total. The fourth-order valence-corrected chi connectivity index (χ4v) is 1.14. The lowest BCUT2D eigenvalue weighted by Gasteiger charge is -2.09. The van der Waals surface area contributed by atoms with Crippen molar-refractivity contribution in [1.29, 1.82) is 0 Å². The quantitative estimate of drug-likeness (QED) is 0.793. The van der Waals surface area contributed by atoms with Crippen molar-refractivity contribution in [2.45, 2.75) is 19.6 Å². The lowest BCUT2D eigenvalue weighted by molar-refractivity contribution is 0.0674. The molecule has 1 aromatic carbocycles. The number of ether oxygens (including phenoxy) is 1. The molecule has 0 bridgehead atoms. The van der Waals surface area contributed by atoms with E-state index in [0.29, 0.717) is 5.56 Å². The van der Waals surface area contributed by atoms with E-state index in [2.05, 4.69) is 5.92 Å². The van der Waals surface area contributed by atoms with Gasteiger partial charge in [0.15, 0.2) is 0 Å². The molecular weight excluding hydrogens is 211 g/mol. The smallest absolute Gasteiger partial charge is 0.336 e. The lowest BCUT2D eigenvalue weighted by atomic mass is 10.1. The Hall–Kier alpha value is -1.86. The average molecular weight is 222 g/mol. The molecule has 0 aromatic heterocycles. The maximum Gasteiger partial charge on any atom is 0.336 e. The highest BCUT2D eigenvalue weighted by atomic mass is 19.1. The standard InChI is InChI=1S/C12H11FO3/c1-3-8(2)16-7-9-4-5-10(13)6-11(9)12(14)15/h1,4-6,8H,7H2,2H3,(H,14,15). The van der Waals surface area contributed by atoms with Crippen LogP contribution in [0.1, 0.15) is 22.8 Å². The molecule has 0 aliphatic carbocycles. The van der Waals surface area contributed by atoms with Crippen LogP contribution in [0.25, 0.3) is 0 Å². The van der Waals surface area contributed by atoms with Crippen LogP contribution < -0.4 is 0 Å². The van der Waals surface area contributed by atoms with Crippen LogP contribution in [-0.4, -0.2) is 17.2 Å². The monoisotopic (exact) mass is 222 g/mol. The van der Waals surface area contributed by atoms with Crippen molar-refractivity contribution >= 4 is 5.97 Å². The Balaban J connectivity index is 2.88. The molecule has 1 rings (SSSR count). The Morgan fingerprint density at radius 1 is 1.69 bits per heavy atom. The van der Waals surface area contributed by atoms with E-state index in [4.69, 9.17) is 16.3 Å². The van der Waals surface area contributed by atoms with Crippen molar-refractivity contribution in [3.8, 4) is 12.3 Å². The SMILES string of the molecule is C#CC(C)OCc1ccc(F)cc1C(=O)O. The van der Waals surface area contributed by atoms with Crippen LogP contribution >= 0.6 is 0 Å². The first-order valence-electron chi connectivity index (χ1n) is 4.64. The van der Waals surface area contributed by atoms with Crippen LogP contribution in [0, 0.1) is 18.2 Å². The van der Waals surface area contributed by atoms with Gasteiger partial charge in [-0.05, 0) is 24.6 Å². The summed E-state index contributed by atoms with van der Waals surface area (Å²) in [5, 5.41) is 8.85. The Bertz CT molecular complexity index is 434. The van der Waals surface area contributed by atoms with Gasteiger partial charge in [-0.15, -0.1) is 6.42 Å². The second-order valence-corrected chi connectivity index (χ2v) is 3.23. The Kier molecular flexibility index (Phi) is 4.03. The minimum Gasteiger partial charge on any atom is -0.478 e. The number of rotatable bonds is 4. The molecule has 0 amide bonds. The summed E-state index contributed by atoms with van der Waals surface area (Å²) in [5.41, 5.74) is 0.292. The number of benzene rings is 1. The molecule has 0 saturated carbocycles. The highest BCUT2D eigenvalue weighted by molar-refractivity contribution is 5.89. The number of halogens is 1. The van der Waals surface area contributed by atoms with E-state index in [0.717, 1.165) is 6.07 Å². The average Bonchev–Trinajstić information content (AvgIpc) is 2.26. The third-order valence-electron chi connectivity index (χ3n) is 2.03. The third kappa shape index (κ3) is 3.07. The molecule has 16 heavy (non-hydrogen) atoms. The zero-order valence-electron chi connectivity index (χ0n) is 8.74. The topological polar surface area (TPSA) is 46.5 Å². The fraction of sp³-hybridized carbons (Fsp3) is 0.250. The molecule has 0 heterocycles. The number of terminal acetylenes is 1. The molecule has 0 aliphatic rings. The molecular formula is C12H11FO3. The van der Waals surface area contributed by atoms with Gasteiger partial charge in [-0.2, -0.15) is 0 Å². The number of hydrogen-bond acceptors (Lipinski definition) is 2. The van der Waals surface area contributed by atoms with E-state index in [1.54, 1.807) is 6.92 Å². The van der Waals surface area contributed by atoms with Gasteiger partial charge in [0.05, 0.1) is 12.2 Å². The summed E-state index contributed by atoms with van der Waals surface area (Å²) in [7, 11) is 0. The van der Waals surface area contributed by atoms with Crippen molar-refractivity contribution < 1.29 is 19.0 Å². The molecule has 0 fully saturated rings. The van der Waals surface area contributed by atoms with Crippen LogP contribution in [-0.2, 0) is 11.3 Å². The first-order valence-corrected chi connectivity index (χ1v) is 4.64. The molecule has 4 heteroatoms.